The van der Waals surface area contributed by atoms with E-state index in [2.05, 4.69) is 10.6 Å². The Balaban J connectivity index is 2.42. The molecule has 0 bridgehead atoms. The number of methoxy groups -OCH3 is 2. The van der Waals surface area contributed by atoms with E-state index in [9.17, 15) is 9.18 Å². The molecule has 17 heavy (non-hydrogen) atoms. The van der Waals surface area contributed by atoms with Crippen molar-refractivity contribution in [3.63, 3.8) is 0 Å². The Labute approximate surface area is 98.9 Å². The number of urea groups is 1. The van der Waals surface area contributed by atoms with Crippen molar-refractivity contribution in [1.82, 2.24) is 5.32 Å². The number of amides is 2. The zero-order valence-corrected chi connectivity index (χ0v) is 9.70. The second kappa shape index (κ2) is 6.82. The molecule has 5 nitrogen and oxygen atoms in total. The Kier molecular flexibility index (Phi) is 5.38. The Bertz CT molecular complexity index is 369. The van der Waals surface area contributed by atoms with Crippen LogP contribution in [0, 0.1) is 5.82 Å². The van der Waals surface area contributed by atoms with E-state index >= 15 is 0 Å². The first-order chi connectivity index (χ1) is 8.17. The Morgan fingerprint density at radius 3 is 2.59 bits per heavy atom. The topological polar surface area (TPSA) is 59.6 Å². The van der Waals surface area contributed by atoms with Crippen LogP contribution in [0.2, 0.25) is 0 Å². The van der Waals surface area contributed by atoms with E-state index in [1.807, 2.05) is 0 Å². The number of ether oxygens (including phenoxy) is 2. The fourth-order valence-corrected chi connectivity index (χ4v) is 1.17. The number of para-hydroxylation sites is 1. The van der Waals surface area contributed by atoms with Gasteiger partial charge in [-0.15, -0.1) is 0 Å². The number of anilines is 1. The Hall–Kier alpha value is -1.66. The summed E-state index contributed by atoms with van der Waals surface area (Å²) in [5.74, 6) is -0.488. The minimum absolute atomic E-state index is 0.122. The highest BCUT2D eigenvalue weighted by atomic mass is 19.1. The van der Waals surface area contributed by atoms with E-state index in [0.717, 1.165) is 0 Å². The molecule has 0 aliphatic heterocycles. The molecule has 2 amide bonds. The van der Waals surface area contributed by atoms with Crippen molar-refractivity contribution in [3.05, 3.63) is 30.1 Å². The predicted octanol–water partition coefficient (Wildman–Crippen LogP) is 1.57. The molecule has 1 aromatic carbocycles. The molecule has 1 rings (SSSR count). The summed E-state index contributed by atoms with van der Waals surface area (Å²) in [5.41, 5.74) is 0.122. The number of hydrogen-bond donors (Lipinski definition) is 2. The summed E-state index contributed by atoms with van der Waals surface area (Å²) in [6.07, 6.45) is -0.527. The zero-order chi connectivity index (χ0) is 12.7. The average Bonchev–Trinajstić information content (AvgIpc) is 2.33. The summed E-state index contributed by atoms with van der Waals surface area (Å²) in [5, 5.41) is 4.87. The van der Waals surface area contributed by atoms with Crippen molar-refractivity contribution in [2.45, 2.75) is 6.29 Å². The third-order valence-corrected chi connectivity index (χ3v) is 2.08. The molecule has 0 radical (unpaired) electrons. The molecule has 1 aromatic rings. The van der Waals surface area contributed by atoms with Gasteiger partial charge in [0.2, 0.25) is 0 Å². The molecule has 0 heterocycles. The van der Waals surface area contributed by atoms with E-state index in [-0.39, 0.29) is 12.2 Å². The highest BCUT2D eigenvalue weighted by molar-refractivity contribution is 5.89. The van der Waals surface area contributed by atoms with Crippen LogP contribution in [0.1, 0.15) is 0 Å². The van der Waals surface area contributed by atoms with Crippen molar-refractivity contribution in [1.29, 1.82) is 0 Å². The third kappa shape index (κ3) is 4.38. The molecule has 6 heteroatoms. The van der Waals surface area contributed by atoms with Crippen molar-refractivity contribution >= 4 is 11.7 Å². The normalized spacial score (nSPS) is 10.4. The Morgan fingerprint density at radius 1 is 1.35 bits per heavy atom. The quantitative estimate of drug-likeness (QED) is 0.770. The van der Waals surface area contributed by atoms with Gasteiger partial charge in [0.25, 0.3) is 0 Å². The van der Waals surface area contributed by atoms with Gasteiger partial charge in [-0.25, -0.2) is 9.18 Å². The number of carbonyl (C=O) groups excluding carboxylic acids is 1. The van der Waals surface area contributed by atoms with Gasteiger partial charge in [0.15, 0.2) is 6.29 Å². The number of rotatable bonds is 5. The number of hydrogen-bond acceptors (Lipinski definition) is 3. The summed E-state index contributed by atoms with van der Waals surface area (Å²) in [7, 11) is 2.93. The first kappa shape index (κ1) is 13.4. The van der Waals surface area contributed by atoms with Crippen molar-refractivity contribution < 1.29 is 18.7 Å². The number of benzene rings is 1. The molecule has 0 aliphatic carbocycles. The SMILES string of the molecule is COC(CNC(=O)Nc1ccccc1F)OC. The molecule has 0 spiro atoms. The minimum Gasteiger partial charge on any atom is -0.354 e. The maximum Gasteiger partial charge on any atom is 0.319 e. The van der Waals surface area contributed by atoms with Crippen molar-refractivity contribution in [3.8, 4) is 0 Å². The maximum atomic E-state index is 13.2. The smallest absolute Gasteiger partial charge is 0.319 e. The lowest BCUT2D eigenvalue weighted by Crippen LogP contribution is -2.37. The van der Waals surface area contributed by atoms with E-state index in [4.69, 9.17) is 9.47 Å². The van der Waals surface area contributed by atoms with Gasteiger partial charge in [-0.05, 0) is 12.1 Å². The van der Waals surface area contributed by atoms with Gasteiger partial charge in [0.05, 0.1) is 12.2 Å². The summed E-state index contributed by atoms with van der Waals surface area (Å²) in [4.78, 5) is 11.4. The van der Waals surface area contributed by atoms with Crippen LogP contribution >= 0.6 is 0 Å². The van der Waals surface area contributed by atoms with Crippen LogP contribution in [0.25, 0.3) is 0 Å². The number of halogens is 1. The molecule has 0 atom stereocenters. The van der Waals surface area contributed by atoms with Crippen LogP contribution in [0.4, 0.5) is 14.9 Å². The lowest BCUT2D eigenvalue weighted by atomic mass is 10.3. The minimum atomic E-state index is -0.527. The standard InChI is InChI=1S/C11H15FN2O3/c1-16-10(17-2)7-13-11(15)14-9-6-4-3-5-8(9)12/h3-6,10H,7H2,1-2H3,(H2,13,14,15). The highest BCUT2D eigenvalue weighted by Gasteiger charge is 2.09. The number of nitrogens with one attached hydrogen (secondary N) is 2. The van der Waals surface area contributed by atoms with Crippen LogP contribution in [-0.4, -0.2) is 33.1 Å². The molecular weight excluding hydrogens is 227 g/mol. The van der Waals surface area contributed by atoms with Crippen LogP contribution in [0.5, 0.6) is 0 Å². The largest absolute Gasteiger partial charge is 0.354 e. The van der Waals surface area contributed by atoms with E-state index < -0.39 is 18.1 Å². The molecule has 0 saturated heterocycles. The summed E-state index contributed by atoms with van der Waals surface area (Å²) >= 11 is 0. The molecular formula is C11H15FN2O3. The first-order valence-electron chi connectivity index (χ1n) is 5.02. The van der Waals surface area contributed by atoms with E-state index in [0.29, 0.717) is 0 Å². The summed E-state index contributed by atoms with van der Waals surface area (Å²) in [6.45, 7) is 0.174. The fraction of sp³-hybridized carbons (Fsp3) is 0.364. The zero-order valence-electron chi connectivity index (χ0n) is 9.70. The van der Waals surface area contributed by atoms with Crippen molar-refractivity contribution in [2.75, 3.05) is 26.1 Å². The van der Waals surface area contributed by atoms with Gasteiger partial charge < -0.3 is 20.1 Å². The van der Waals surface area contributed by atoms with Gasteiger partial charge in [-0.3, -0.25) is 0 Å². The second-order valence-electron chi connectivity index (χ2n) is 3.22. The van der Waals surface area contributed by atoms with Crippen LogP contribution in [-0.2, 0) is 9.47 Å². The first-order valence-corrected chi connectivity index (χ1v) is 5.02. The van der Waals surface area contributed by atoms with Gasteiger partial charge in [-0.2, -0.15) is 0 Å². The van der Waals surface area contributed by atoms with E-state index in [1.54, 1.807) is 12.1 Å². The summed E-state index contributed by atoms with van der Waals surface area (Å²) < 4.78 is 23.0. The van der Waals surface area contributed by atoms with Crippen LogP contribution in [0.3, 0.4) is 0 Å². The highest BCUT2D eigenvalue weighted by Crippen LogP contribution is 2.11. The predicted molar refractivity (Wildman–Crippen MR) is 61.2 cm³/mol. The molecule has 2 N–H and O–H groups in total. The van der Waals surface area contributed by atoms with Crippen LogP contribution < -0.4 is 10.6 Å². The molecule has 94 valence electrons. The van der Waals surface area contributed by atoms with Crippen molar-refractivity contribution in [2.24, 2.45) is 0 Å². The lowest BCUT2D eigenvalue weighted by Gasteiger charge is -2.14. The molecule has 0 fully saturated rings. The van der Waals surface area contributed by atoms with Crippen LogP contribution in [0.15, 0.2) is 24.3 Å². The van der Waals surface area contributed by atoms with Gasteiger partial charge >= 0.3 is 6.03 Å². The molecule has 0 aliphatic rings. The third-order valence-electron chi connectivity index (χ3n) is 2.08. The second-order valence-corrected chi connectivity index (χ2v) is 3.22. The number of carbonyl (C=O) groups is 1. The van der Waals surface area contributed by atoms with E-state index in [1.165, 1.54) is 26.4 Å². The van der Waals surface area contributed by atoms with Gasteiger partial charge in [0, 0.05) is 14.2 Å². The molecule has 0 saturated carbocycles. The van der Waals surface area contributed by atoms with Gasteiger partial charge in [0.1, 0.15) is 5.82 Å². The lowest BCUT2D eigenvalue weighted by molar-refractivity contribution is -0.0970. The molecule has 0 aromatic heterocycles. The Morgan fingerprint density at radius 2 is 2.00 bits per heavy atom. The average molecular weight is 242 g/mol. The summed E-state index contributed by atoms with van der Waals surface area (Å²) in [6, 6.07) is 5.40. The maximum absolute atomic E-state index is 13.2. The fourth-order valence-electron chi connectivity index (χ4n) is 1.17. The molecule has 0 unspecified atom stereocenters. The monoisotopic (exact) mass is 242 g/mol. The van der Waals surface area contributed by atoms with Gasteiger partial charge in [-0.1, -0.05) is 12.1 Å².